The summed E-state index contributed by atoms with van der Waals surface area (Å²) in [4.78, 5) is 41.1. The van der Waals surface area contributed by atoms with E-state index in [4.69, 9.17) is 9.84 Å². The number of ether oxygens (including phenoxy) is 1. The molecule has 0 unspecified atom stereocenters. The summed E-state index contributed by atoms with van der Waals surface area (Å²) in [6, 6.07) is 22.7. The van der Waals surface area contributed by atoms with Crippen molar-refractivity contribution < 1.29 is 9.66 Å². The van der Waals surface area contributed by atoms with Gasteiger partial charge in [-0.1, -0.05) is 41.7 Å². The first kappa shape index (κ1) is 25.8. The van der Waals surface area contributed by atoms with Gasteiger partial charge in [-0.15, -0.1) is 0 Å². The molecule has 3 aromatic heterocycles. The molecule has 0 spiro atoms. The number of rotatable bonds is 7. The predicted molar refractivity (Wildman–Crippen MR) is 154 cm³/mol. The maximum absolute atomic E-state index is 13.4. The van der Waals surface area contributed by atoms with E-state index in [0.717, 1.165) is 27.1 Å². The molecule has 0 fully saturated rings. The van der Waals surface area contributed by atoms with E-state index in [2.05, 4.69) is 10.1 Å². The molecule has 0 bridgehead atoms. The fourth-order valence-electron chi connectivity index (χ4n) is 4.30. The quantitative estimate of drug-likeness (QED) is 0.213. The Labute approximate surface area is 235 Å². The molecule has 0 saturated carbocycles. The lowest BCUT2D eigenvalue weighted by Crippen LogP contribution is -2.28. The third kappa shape index (κ3) is 5.11. The number of hydrogen-bond donors (Lipinski definition) is 0. The molecular formula is C29H20N6O5S. The monoisotopic (exact) mass is 564 g/mol. The molecule has 202 valence electrons. The Bertz CT molecular complexity index is 2070. The molecule has 3 heterocycles. The second-order valence-corrected chi connectivity index (χ2v) is 10.0. The molecule has 0 atom stereocenters. The highest BCUT2D eigenvalue weighted by molar-refractivity contribution is 7.15. The van der Waals surface area contributed by atoms with Gasteiger partial charge >= 0.3 is 0 Å². The van der Waals surface area contributed by atoms with Gasteiger partial charge in [0.2, 0.25) is 4.96 Å². The summed E-state index contributed by atoms with van der Waals surface area (Å²) in [7, 11) is 1.57. The molecule has 0 aliphatic rings. The van der Waals surface area contributed by atoms with Crippen LogP contribution < -0.4 is 20.4 Å². The number of nitrogens with zero attached hydrogens (tertiary/aromatic N) is 6. The number of aromatic nitrogens is 5. The van der Waals surface area contributed by atoms with Crippen LogP contribution in [0.4, 0.5) is 5.69 Å². The van der Waals surface area contributed by atoms with Crippen molar-refractivity contribution >= 4 is 28.1 Å². The lowest BCUT2D eigenvalue weighted by Gasteiger charge is -2.02. The maximum Gasteiger partial charge on any atom is 0.296 e. The number of para-hydroxylation sites is 1. The summed E-state index contributed by atoms with van der Waals surface area (Å²) in [5.74, 6) is 0.690. The van der Waals surface area contributed by atoms with E-state index in [9.17, 15) is 19.7 Å². The van der Waals surface area contributed by atoms with Gasteiger partial charge in [0.15, 0.2) is 0 Å². The first-order chi connectivity index (χ1) is 19.9. The first-order valence-electron chi connectivity index (χ1n) is 12.4. The molecule has 0 radical (unpaired) electrons. The average Bonchev–Trinajstić information content (AvgIpc) is 3.55. The van der Waals surface area contributed by atoms with Crippen molar-refractivity contribution in [3.8, 4) is 22.7 Å². The molecule has 11 nitrogen and oxygen atoms in total. The van der Waals surface area contributed by atoms with Crippen molar-refractivity contribution in [2.45, 2.75) is 6.42 Å². The van der Waals surface area contributed by atoms with Gasteiger partial charge in [-0.3, -0.25) is 19.7 Å². The van der Waals surface area contributed by atoms with E-state index >= 15 is 0 Å². The Morgan fingerprint density at radius 1 is 0.976 bits per heavy atom. The predicted octanol–water partition coefficient (Wildman–Crippen LogP) is 3.42. The van der Waals surface area contributed by atoms with Crippen LogP contribution in [0.2, 0.25) is 0 Å². The normalized spacial score (nSPS) is 11.7. The fraction of sp³-hybridized carbons (Fsp3) is 0.0690. The van der Waals surface area contributed by atoms with Crippen LogP contribution in [0, 0.1) is 10.1 Å². The molecule has 0 aliphatic heterocycles. The Balaban J connectivity index is 1.45. The average molecular weight is 565 g/mol. The Kier molecular flexibility index (Phi) is 6.65. The molecular weight excluding hydrogens is 544 g/mol. The molecule has 6 rings (SSSR count). The van der Waals surface area contributed by atoms with Crippen LogP contribution in [0.15, 0.2) is 94.6 Å². The zero-order valence-electron chi connectivity index (χ0n) is 21.5. The summed E-state index contributed by atoms with van der Waals surface area (Å²) in [5, 5.41) is 20.2. The maximum atomic E-state index is 13.4. The molecule has 3 aromatic carbocycles. The summed E-state index contributed by atoms with van der Waals surface area (Å²) in [6.45, 7) is 0. The Morgan fingerprint density at radius 3 is 2.39 bits per heavy atom. The SMILES string of the molecule is COc1ccc(Cc2nn3c(=O)c(=Cc4cn(-c5ccccc5)nc4-c4ccc([N+](=O)[O-])cc4)sc3nc2=O)cc1. The van der Waals surface area contributed by atoms with E-state index in [1.807, 2.05) is 42.5 Å². The van der Waals surface area contributed by atoms with Crippen LogP contribution in [0.3, 0.4) is 0 Å². The number of fused-ring (bicyclic) bond motifs is 1. The van der Waals surface area contributed by atoms with E-state index < -0.39 is 16.0 Å². The van der Waals surface area contributed by atoms with E-state index in [-0.39, 0.29) is 22.8 Å². The highest BCUT2D eigenvalue weighted by Crippen LogP contribution is 2.26. The van der Waals surface area contributed by atoms with Gasteiger partial charge in [-0.05, 0) is 48.0 Å². The fourth-order valence-corrected chi connectivity index (χ4v) is 5.20. The van der Waals surface area contributed by atoms with E-state index in [1.54, 1.807) is 48.3 Å². The third-order valence-corrected chi connectivity index (χ3v) is 7.34. The minimum Gasteiger partial charge on any atom is -0.497 e. The van der Waals surface area contributed by atoms with Gasteiger partial charge in [0.05, 0.1) is 22.3 Å². The van der Waals surface area contributed by atoms with Crippen molar-refractivity contribution in [2.24, 2.45) is 0 Å². The molecule has 12 heteroatoms. The largest absolute Gasteiger partial charge is 0.497 e. The number of hydrogen-bond acceptors (Lipinski definition) is 9. The summed E-state index contributed by atoms with van der Waals surface area (Å²) >= 11 is 1.05. The van der Waals surface area contributed by atoms with Crippen molar-refractivity contribution in [1.29, 1.82) is 0 Å². The van der Waals surface area contributed by atoms with Gasteiger partial charge in [-0.2, -0.15) is 19.7 Å². The highest BCUT2D eigenvalue weighted by atomic mass is 32.1. The molecule has 0 amide bonds. The van der Waals surface area contributed by atoms with Crippen molar-refractivity contribution in [2.75, 3.05) is 7.11 Å². The second-order valence-electron chi connectivity index (χ2n) is 9.02. The van der Waals surface area contributed by atoms with Crippen LogP contribution in [0.25, 0.3) is 28.0 Å². The van der Waals surface area contributed by atoms with E-state index in [1.165, 1.54) is 12.1 Å². The number of non-ortho nitro benzene ring substituents is 1. The molecule has 0 saturated heterocycles. The van der Waals surface area contributed by atoms with Gasteiger partial charge in [0.1, 0.15) is 17.1 Å². The third-order valence-electron chi connectivity index (χ3n) is 6.38. The highest BCUT2D eigenvalue weighted by Gasteiger charge is 2.16. The topological polar surface area (TPSA) is 135 Å². The van der Waals surface area contributed by atoms with Crippen LogP contribution >= 0.6 is 11.3 Å². The van der Waals surface area contributed by atoms with Crippen molar-refractivity contribution in [1.82, 2.24) is 24.4 Å². The van der Waals surface area contributed by atoms with Gasteiger partial charge in [0, 0.05) is 35.9 Å². The van der Waals surface area contributed by atoms with Crippen LogP contribution in [-0.2, 0) is 6.42 Å². The van der Waals surface area contributed by atoms with Crippen molar-refractivity contribution in [3.63, 3.8) is 0 Å². The molecule has 0 N–H and O–H groups in total. The van der Waals surface area contributed by atoms with Crippen LogP contribution in [-0.4, -0.2) is 36.4 Å². The minimum absolute atomic E-state index is 0.0412. The molecule has 6 aromatic rings. The van der Waals surface area contributed by atoms with Crippen LogP contribution in [0.5, 0.6) is 5.75 Å². The van der Waals surface area contributed by atoms with Crippen LogP contribution in [0.1, 0.15) is 16.8 Å². The Hall–Kier alpha value is -5.49. The lowest BCUT2D eigenvalue weighted by atomic mass is 10.1. The van der Waals surface area contributed by atoms with E-state index in [0.29, 0.717) is 27.1 Å². The smallest absolute Gasteiger partial charge is 0.296 e. The minimum atomic E-state index is -0.503. The second kappa shape index (κ2) is 10.6. The van der Waals surface area contributed by atoms with Gasteiger partial charge in [-0.25, -0.2) is 4.68 Å². The lowest BCUT2D eigenvalue weighted by molar-refractivity contribution is -0.384. The number of methoxy groups -OCH3 is 1. The Morgan fingerprint density at radius 2 is 1.71 bits per heavy atom. The standard InChI is InChI=1S/C29H20N6O5S/c1-40-23-13-7-18(8-14-23)15-24-27(36)30-29-34(31-24)28(37)25(41-29)16-20-17-33(21-5-3-2-4-6-21)32-26(20)19-9-11-22(12-10-19)35(38)39/h2-14,16-17H,15H2,1H3. The van der Waals surface area contributed by atoms with Gasteiger partial charge in [0.25, 0.3) is 16.8 Å². The summed E-state index contributed by atoms with van der Waals surface area (Å²) in [5.41, 5.74) is 2.57. The molecule has 41 heavy (non-hydrogen) atoms. The number of thiazole rings is 1. The zero-order chi connectivity index (χ0) is 28.5. The number of benzene rings is 3. The summed E-state index contributed by atoms with van der Waals surface area (Å²) in [6.07, 6.45) is 3.65. The number of nitro benzene ring substituents is 1. The van der Waals surface area contributed by atoms with Crippen molar-refractivity contribution in [3.05, 3.63) is 137 Å². The molecule has 0 aliphatic carbocycles. The first-order valence-corrected chi connectivity index (χ1v) is 13.2. The zero-order valence-corrected chi connectivity index (χ0v) is 22.3. The number of nitro groups is 1. The van der Waals surface area contributed by atoms with Gasteiger partial charge < -0.3 is 4.74 Å². The summed E-state index contributed by atoms with van der Waals surface area (Å²) < 4.78 is 8.30.